The van der Waals surface area contributed by atoms with Crippen molar-refractivity contribution in [3.8, 4) is 0 Å². The highest BCUT2D eigenvalue weighted by Gasteiger charge is 2.09. The highest BCUT2D eigenvalue weighted by molar-refractivity contribution is 6.06. The number of fused-ring (bicyclic) bond motifs is 1. The third-order valence-electron chi connectivity index (χ3n) is 2.27. The van der Waals surface area contributed by atoms with Gasteiger partial charge >= 0.3 is 0 Å². The number of hydrogen-bond donors (Lipinski definition) is 2. The molecular formula is C12H13N3O. The molecule has 0 saturated carbocycles. The molecule has 1 amide bonds. The molecule has 1 heterocycles. The number of benzene rings is 1. The number of hydrazone groups is 1. The van der Waals surface area contributed by atoms with Gasteiger partial charge in [0, 0.05) is 23.3 Å². The molecule has 16 heavy (non-hydrogen) atoms. The fourth-order valence-corrected chi connectivity index (χ4v) is 1.52. The predicted octanol–water partition coefficient (Wildman–Crippen LogP) is 2.29. The third-order valence-corrected chi connectivity index (χ3v) is 2.27. The van der Waals surface area contributed by atoms with E-state index in [4.69, 9.17) is 0 Å². The number of nitrogens with one attached hydrogen (secondary N) is 2. The largest absolute Gasteiger partial charge is 0.360 e. The van der Waals surface area contributed by atoms with Crippen LogP contribution in [0.3, 0.4) is 0 Å². The Bertz CT molecular complexity index is 528. The Morgan fingerprint density at radius 3 is 3.12 bits per heavy atom. The topological polar surface area (TPSA) is 57.2 Å². The van der Waals surface area contributed by atoms with Gasteiger partial charge in [-0.1, -0.05) is 25.1 Å². The van der Waals surface area contributed by atoms with Crippen LogP contribution in [0.25, 0.3) is 10.9 Å². The zero-order valence-corrected chi connectivity index (χ0v) is 9.03. The van der Waals surface area contributed by atoms with E-state index in [2.05, 4.69) is 15.5 Å². The van der Waals surface area contributed by atoms with E-state index in [1.54, 1.807) is 12.4 Å². The summed E-state index contributed by atoms with van der Waals surface area (Å²) in [6.07, 6.45) is 4.16. The summed E-state index contributed by atoms with van der Waals surface area (Å²) in [4.78, 5) is 14.8. The second-order valence-corrected chi connectivity index (χ2v) is 3.41. The molecule has 4 nitrogen and oxygen atoms in total. The first-order valence-corrected chi connectivity index (χ1v) is 5.21. The summed E-state index contributed by atoms with van der Waals surface area (Å²) in [6, 6.07) is 7.67. The molecule has 0 spiro atoms. The van der Waals surface area contributed by atoms with Crippen LogP contribution >= 0.6 is 0 Å². The second-order valence-electron chi connectivity index (χ2n) is 3.41. The fraction of sp³-hybridized carbons (Fsp3) is 0.167. The molecule has 4 heteroatoms. The molecule has 0 atom stereocenters. The molecule has 0 saturated heterocycles. The lowest BCUT2D eigenvalue weighted by Gasteiger charge is -1.97. The molecular weight excluding hydrogens is 202 g/mol. The van der Waals surface area contributed by atoms with Gasteiger partial charge in [0.2, 0.25) is 0 Å². The van der Waals surface area contributed by atoms with Gasteiger partial charge in [-0.25, -0.2) is 5.43 Å². The van der Waals surface area contributed by atoms with Gasteiger partial charge in [0.05, 0.1) is 5.56 Å². The standard InChI is InChI=1S/C12H13N3O/c1-2-7-14-15-12(16)10-8-13-11-6-4-3-5-9(10)11/h3-8,13H,2H2,1H3,(H,15,16)/b14-7-. The fourth-order valence-electron chi connectivity index (χ4n) is 1.52. The minimum absolute atomic E-state index is 0.192. The number of aromatic nitrogens is 1. The summed E-state index contributed by atoms with van der Waals surface area (Å²) < 4.78 is 0. The van der Waals surface area contributed by atoms with Gasteiger partial charge in [-0.2, -0.15) is 5.10 Å². The number of nitrogens with zero attached hydrogens (tertiary/aromatic N) is 1. The molecule has 0 fully saturated rings. The number of amides is 1. The number of carbonyl (C=O) groups excluding carboxylic acids is 1. The minimum Gasteiger partial charge on any atom is -0.360 e. The maximum absolute atomic E-state index is 11.7. The van der Waals surface area contributed by atoms with Crippen molar-refractivity contribution in [2.75, 3.05) is 0 Å². The number of rotatable bonds is 3. The molecule has 2 aromatic rings. The lowest BCUT2D eigenvalue weighted by molar-refractivity contribution is 0.0956. The summed E-state index contributed by atoms with van der Waals surface area (Å²) in [5.74, 6) is -0.192. The average molecular weight is 215 g/mol. The van der Waals surface area contributed by atoms with E-state index in [0.29, 0.717) is 5.56 Å². The molecule has 1 aromatic heterocycles. The molecule has 0 unspecified atom stereocenters. The lowest BCUT2D eigenvalue weighted by atomic mass is 10.2. The van der Waals surface area contributed by atoms with Gasteiger partial charge < -0.3 is 4.98 Å². The van der Waals surface area contributed by atoms with E-state index in [1.165, 1.54) is 0 Å². The first-order valence-electron chi connectivity index (χ1n) is 5.21. The van der Waals surface area contributed by atoms with E-state index < -0.39 is 0 Å². The SMILES string of the molecule is CC/C=N\NC(=O)c1c[nH]c2ccccc12. The first-order chi connectivity index (χ1) is 7.83. The number of para-hydroxylation sites is 1. The molecule has 82 valence electrons. The van der Waals surface area contributed by atoms with Gasteiger partial charge in [0.25, 0.3) is 5.91 Å². The van der Waals surface area contributed by atoms with E-state index in [0.717, 1.165) is 17.3 Å². The summed E-state index contributed by atoms with van der Waals surface area (Å²) in [5, 5.41) is 4.72. The maximum atomic E-state index is 11.7. The Balaban J connectivity index is 2.26. The summed E-state index contributed by atoms with van der Waals surface area (Å²) in [6.45, 7) is 1.96. The summed E-state index contributed by atoms with van der Waals surface area (Å²) in [5.41, 5.74) is 4.05. The van der Waals surface area contributed by atoms with Gasteiger partial charge in [0.15, 0.2) is 0 Å². The number of carbonyl (C=O) groups is 1. The molecule has 0 aliphatic heterocycles. The zero-order chi connectivity index (χ0) is 11.4. The quantitative estimate of drug-likeness (QED) is 0.599. The normalized spacial score (nSPS) is 11.1. The Morgan fingerprint density at radius 2 is 2.31 bits per heavy atom. The molecule has 0 bridgehead atoms. The van der Waals surface area contributed by atoms with Crippen LogP contribution in [0.15, 0.2) is 35.6 Å². The first kappa shape index (κ1) is 10.4. The number of H-pyrrole nitrogens is 1. The Labute approximate surface area is 93.4 Å². The Morgan fingerprint density at radius 1 is 1.50 bits per heavy atom. The van der Waals surface area contributed by atoms with Gasteiger partial charge in [-0.05, 0) is 12.5 Å². The second kappa shape index (κ2) is 4.61. The highest BCUT2D eigenvalue weighted by Crippen LogP contribution is 2.17. The Hall–Kier alpha value is -2.10. The van der Waals surface area contributed by atoms with E-state index >= 15 is 0 Å². The molecule has 1 aromatic carbocycles. The number of aromatic amines is 1. The number of hydrogen-bond acceptors (Lipinski definition) is 2. The molecule has 2 N–H and O–H groups in total. The average Bonchev–Trinajstić information content (AvgIpc) is 2.73. The van der Waals surface area contributed by atoms with Crippen LogP contribution < -0.4 is 5.43 Å². The minimum atomic E-state index is -0.192. The van der Waals surface area contributed by atoms with Crippen molar-refractivity contribution >= 4 is 23.0 Å². The van der Waals surface area contributed by atoms with Crippen molar-refractivity contribution in [2.45, 2.75) is 13.3 Å². The maximum Gasteiger partial charge on any atom is 0.273 e. The van der Waals surface area contributed by atoms with Gasteiger partial charge in [-0.15, -0.1) is 0 Å². The van der Waals surface area contributed by atoms with Crippen LogP contribution in [-0.4, -0.2) is 17.1 Å². The van der Waals surface area contributed by atoms with Crippen molar-refractivity contribution in [2.24, 2.45) is 5.10 Å². The zero-order valence-electron chi connectivity index (χ0n) is 9.03. The summed E-state index contributed by atoms with van der Waals surface area (Å²) >= 11 is 0. The summed E-state index contributed by atoms with van der Waals surface area (Å²) in [7, 11) is 0. The van der Waals surface area contributed by atoms with Crippen LogP contribution in [0.4, 0.5) is 0 Å². The van der Waals surface area contributed by atoms with Crippen molar-refractivity contribution in [3.63, 3.8) is 0 Å². The van der Waals surface area contributed by atoms with Gasteiger partial charge in [-0.3, -0.25) is 4.79 Å². The van der Waals surface area contributed by atoms with Crippen LogP contribution in [-0.2, 0) is 0 Å². The highest BCUT2D eigenvalue weighted by atomic mass is 16.2. The van der Waals surface area contributed by atoms with E-state index in [-0.39, 0.29) is 5.91 Å². The molecule has 0 radical (unpaired) electrons. The van der Waals surface area contributed by atoms with Crippen molar-refractivity contribution in [1.29, 1.82) is 0 Å². The molecule has 2 rings (SSSR count). The van der Waals surface area contributed by atoms with Crippen LogP contribution in [0.1, 0.15) is 23.7 Å². The lowest BCUT2D eigenvalue weighted by Crippen LogP contribution is -2.16. The Kier molecular flexibility index (Phi) is 3.00. The van der Waals surface area contributed by atoms with Crippen molar-refractivity contribution in [1.82, 2.24) is 10.4 Å². The molecule has 0 aliphatic rings. The van der Waals surface area contributed by atoms with E-state index in [1.807, 2.05) is 31.2 Å². The van der Waals surface area contributed by atoms with Crippen molar-refractivity contribution < 1.29 is 4.79 Å². The monoisotopic (exact) mass is 215 g/mol. The smallest absolute Gasteiger partial charge is 0.273 e. The van der Waals surface area contributed by atoms with Gasteiger partial charge in [0.1, 0.15) is 0 Å². The molecule has 0 aliphatic carbocycles. The van der Waals surface area contributed by atoms with E-state index in [9.17, 15) is 4.79 Å². The van der Waals surface area contributed by atoms with Crippen molar-refractivity contribution in [3.05, 3.63) is 36.0 Å². The predicted molar refractivity (Wildman–Crippen MR) is 64.5 cm³/mol. The third kappa shape index (κ3) is 1.95. The van der Waals surface area contributed by atoms with Crippen LogP contribution in [0, 0.1) is 0 Å². The van der Waals surface area contributed by atoms with Crippen LogP contribution in [0.5, 0.6) is 0 Å². The van der Waals surface area contributed by atoms with Crippen LogP contribution in [0.2, 0.25) is 0 Å².